The van der Waals surface area contributed by atoms with E-state index in [9.17, 15) is 9.70 Å². The Labute approximate surface area is 139 Å². The molecule has 0 saturated carbocycles. The Morgan fingerprint density at radius 1 is 0.958 bits per heavy atom. The summed E-state index contributed by atoms with van der Waals surface area (Å²) in [5, 5.41) is 5.62. The number of anilines is 2. The van der Waals surface area contributed by atoms with Gasteiger partial charge in [-0.3, -0.25) is 9.78 Å². The van der Waals surface area contributed by atoms with Gasteiger partial charge in [-0.25, -0.2) is 0 Å². The van der Waals surface area contributed by atoms with Gasteiger partial charge in [-0.2, -0.15) is 0 Å². The van der Waals surface area contributed by atoms with Gasteiger partial charge < -0.3 is 5.32 Å². The molecule has 0 aliphatic carbocycles. The largest absolute Gasteiger partial charge is 0.354 e. The summed E-state index contributed by atoms with van der Waals surface area (Å²) >= 11 is 0. The van der Waals surface area contributed by atoms with Gasteiger partial charge in [0.15, 0.2) is 0 Å². The molecular weight excluding hydrogens is 302 g/mol. The van der Waals surface area contributed by atoms with E-state index in [0.29, 0.717) is 5.69 Å². The van der Waals surface area contributed by atoms with Crippen LogP contribution in [0.3, 0.4) is 0 Å². The van der Waals surface area contributed by atoms with Crippen molar-refractivity contribution in [2.24, 2.45) is 5.18 Å². The second kappa shape index (κ2) is 7.28. The number of para-hydroxylation sites is 1. The number of nitroso groups, excluding NO2 is 1. The minimum absolute atomic E-state index is 0.237. The number of nitrogens with one attached hydrogen (secondary N) is 1. The summed E-state index contributed by atoms with van der Waals surface area (Å²) in [5.41, 5.74) is 3.75. The summed E-state index contributed by atoms with van der Waals surface area (Å²) in [5.74, 6) is -0.800. The summed E-state index contributed by atoms with van der Waals surface area (Å²) in [6, 6.07) is 18.8. The summed E-state index contributed by atoms with van der Waals surface area (Å²) in [6.07, 6.45) is 4.24. The molecule has 0 bridgehead atoms. The fourth-order valence-electron chi connectivity index (χ4n) is 2.47. The van der Waals surface area contributed by atoms with E-state index in [-0.39, 0.29) is 5.56 Å². The van der Waals surface area contributed by atoms with Crippen LogP contribution in [-0.2, 0) is 6.42 Å². The first kappa shape index (κ1) is 15.6. The molecule has 0 saturated heterocycles. The maximum absolute atomic E-state index is 11.6. The predicted octanol–water partition coefficient (Wildman–Crippen LogP) is 4.32. The van der Waals surface area contributed by atoms with Crippen LogP contribution in [0.4, 0.5) is 11.4 Å². The average molecular weight is 317 g/mol. The lowest BCUT2D eigenvalue weighted by Gasteiger charge is -2.10. The van der Waals surface area contributed by atoms with Gasteiger partial charge in [0.25, 0.3) is 0 Å². The zero-order chi connectivity index (χ0) is 16.8. The molecule has 0 spiro atoms. The van der Waals surface area contributed by atoms with Crippen molar-refractivity contribution in [1.29, 1.82) is 0 Å². The molecule has 3 aromatic rings. The molecule has 0 radical (unpaired) electrons. The van der Waals surface area contributed by atoms with E-state index >= 15 is 0 Å². The predicted molar refractivity (Wildman–Crippen MR) is 93.3 cm³/mol. The molecule has 1 heterocycles. The molecular formula is C19H15N3O2. The van der Waals surface area contributed by atoms with Gasteiger partial charge in [-0.15, -0.1) is 4.91 Å². The third-order valence-corrected chi connectivity index (χ3v) is 3.57. The first-order chi connectivity index (χ1) is 11.8. The molecule has 1 N–H and O–H groups in total. The van der Waals surface area contributed by atoms with Gasteiger partial charge >= 0.3 is 5.91 Å². The van der Waals surface area contributed by atoms with Gasteiger partial charge in [0, 0.05) is 11.4 Å². The van der Waals surface area contributed by atoms with E-state index in [1.54, 1.807) is 30.5 Å². The SMILES string of the molecule is O=NC(=O)c1ccccc1Nc1cncc(Cc2ccccc2)c1. The number of nitrogens with zero attached hydrogens (tertiary/aromatic N) is 2. The molecule has 1 aromatic heterocycles. The highest BCUT2D eigenvalue weighted by Gasteiger charge is 2.11. The topological polar surface area (TPSA) is 71.4 Å². The lowest BCUT2D eigenvalue weighted by Crippen LogP contribution is -2.01. The van der Waals surface area contributed by atoms with Crippen molar-refractivity contribution in [2.45, 2.75) is 6.42 Å². The molecule has 24 heavy (non-hydrogen) atoms. The van der Waals surface area contributed by atoms with Crippen molar-refractivity contribution in [1.82, 2.24) is 4.98 Å². The average Bonchev–Trinajstić information content (AvgIpc) is 2.63. The minimum Gasteiger partial charge on any atom is -0.354 e. The lowest BCUT2D eigenvalue weighted by molar-refractivity contribution is 0.100. The Bertz CT molecular complexity index is 863. The van der Waals surface area contributed by atoms with E-state index in [1.165, 1.54) is 5.56 Å². The number of carbonyl (C=O) groups is 1. The monoisotopic (exact) mass is 317 g/mol. The number of aromatic nitrogens is 1. The quantitative estimate of drug-likeness (QED) is 0.711. The van der Waals surface area contributed by atoms with E-state index < -0.39 is 5.91 Å². The molecule has 0 fully saturated rings. The molecule has 5 nitrogen and oxygen atoms in total. The van der Waals surface area contributed by atoms with Crippen LogP contribution in [0.25, 0.3) is 0 Å². The Kier molecular flexibility index (Phi) is 4.72. The number of hydrogen-bond acceptors (Lipinski definition) is 4. The van der Waals surface area contributed by atoms with E-state index in [2.05, 4.69) is 27.6 Å². The number of hydrogen-bond donors (Lipinski definition) is 1. The highest BCUT2D eigenvalue weighted by Crippen LogP contribution is 2.22. The van der Waals surface area contributed by atoms with Crippen molar-refractivity contribution in [3.8, 4) is 0 Å². The van der Waals surface area contributed by atoms with Gasteiger partial charge in [0.05, 0.1) is 23.1 Å². The molecule has 5 heteroatoms. The van der Waals surface area contributed by atoms with Crippen molar-refractivity contribution in [2.75, 3.05) is 5.32 Å². The highest BCUT2D eigenvalue weighted by atomic mass is 16.3. The van der Waals surface area contributed by atoms with Crippen LogP contribution in [0, 0.1) is 4.91 Å². The fourth-order valence-corrected chi connectivity index (χ4v) is 2.47. The van der Waals surface area contributed by atoms with Crippen LogP contribution in [0.2, 0.25) is 0 Å². The summed E-state index contributed by atoms with van der Waals surface area (Å²) in [4.78, 5) is 26.4. The molecule has 0 aliphatic rings. The normalized spacial score (nSPS) is 10.2. The van der Waals surface area contributed by atoms with Crippen molar-refractivity contribution >= 4 is 17.3 Å². The van der Waals surface area contributed by atoms with Gasteiger partial charge in [0.1, 0.15) is 0 Å². The first-order valence-electron chi connectivity index (χ1n) is 7.48. The Hall–Kier alpha value is -3.34. The first-order valence-corrected chi connectivity index (χ1v) is 7.48. The van der Waals surface area contributed by atoms with E-state index in [0.717, 1.165) is 17.7 Å². The number of rotatable bonds is 5. The molecule has 118 valence electrons. The van der Waals surface area contributed by atoms with Gasteiger partial charge in [0.2, 0.25) is 0 Å². The summed E-state index contributed by atoms with van der Waals surface area (Å²) in [6.45, 7) is 0. The summed E-state index contributed by atoms with van der Waals surface area (Å²) in [7, 11) is 0. The fraction of sp³-hybridized carbons (Fsp3) is 0.0526. The molecule has 1 amide bonds. The second-order valence-electron chi connectivity index (χ2n) is 5.31. The van der Waals surface area contributed by atoms with Crippen LogP contribution < -0.4 is 5.32 Å². The van der Waals surface area contributed by atoms with Crippen LogP contribution >= 0.6 is 0 Å². The van der Waals surface area contributed by atoms with Crippen LogP contribution in [-0.4, -0.2) is 10.9 Å². The van der Waals surface area contributed by atoms with E-state index in [4.69, 9.17) is 0 Å². The number of carbonyl (C=O) groups excluding carboxylic acids is 1. The number of amides is 1. The molecule has 0 unspecified atom stereocenters. The second-order valence-corrected chi connectivity index (χ2v) is 5.31. The van der Waals surface area contributed by atoms with E-state index in [1.807, 2.05) is 30.5 Å². The highest BCUT2D eigenvalue weighted by molar-refractivity contribution is 6.00. The van der Waals surface area contributed by atoms with Crippen molar-refractivity contribution in [3.05, 3.63) is 94.7 Å². The zero-order valence-corrected chi connectivity index (χ0v) is 12.8. The number of benzene rings is 2. The van der Waals surface area contributed by atoms with Gasteiger partial charge in [-0.05, 0) is 35.7 Å². The summed E-state index contributed by atoms with van der Waals surface area (Å²) < 4.78 is 0. The molecule has 2 aromatic carbocycles. The number of pyridine rings is 1. The standard InChI is InChI=1S/C19H15N3O2/c23-19(22-24)17-8-4-5-9-18(17)21-16-11-15(12-20-13-16)10-14-6-2-1-3-7-14/h1-9,11-13,21H,10H2. The zero-order valence-electron chi connectivity index (χ0n) is 12.8. The van der Waals surface area contributed by atoms with Crippen molar-refractivity contribution < 1.29 is 4.79 Å². The lowest BCUT2D eigenvalue weighted by atomic mass is 10.1. The van der Waals surface area contributed by atoms with Crippen molar-refractivity contribution in [3.63, 3.8) is 0 Å². The molecule has 0 aliphatic heterocycles. The molecule has 0 atom stereocenters. The third-order valence-electron chi connectivity index (χ3n) is 3.57. The Morgan fingerprint density at radius 3 is 2.50 bits per heavy atom. The van der Waals surface area contributed by atoms with Crippen LogP contribution in [0.5, 0.6) is 0 Å². The maximum atomic E-state index is 11.6. The smallest absolute Gasteiger partial charge is 0.318 e. The Morgan fingerprint density at radius 2 is 1.71 bits per heavy atom. The Balaban J connectivity index is 1.83. The molecule has 3 rings (SSSR count). The maximum Gasteiger partial charge on any atom is 0.318 e. The van der Waals surface area contributed by atoms with Gasteiger partial charge in [-0.1, -0.05) is 42.5 Å². The minimum atomic E-state index is -0.800. The van der Waals surface area contributed by atoms with Crippen LogP contribution in [0.1, 0.15) is 21.5 Å². The van der Waals surface area contributed by atoms with Crippen LogP contribution in [0.15, 0.2) is 78.2 Å². The third kappa shape index (κ3) is 3.70.